The Morgan fingerprint density at radius 3 is 2.42 bits per heavy atom. The number of nitrogens with zero attached hydrogens (tertiary/aromatic N) is 1. The Morgan fingerprint density at radius 2 is 1.81 bits per heavy atom. The molecule has 0 heterocycles. The summed E-state index contributed by atoms with van der Waals surface area (Å²) in [7, 11) is 0. The van der Waals surface area contributed by atoms with Gasteiger partial charge < -0.3 is 15.5 Å². The molecule has 0 radical (unpaired) electrons. The molecule has 2 N–H and O–H groups in total. The lowest BCUT2D eigenvalue weighted by molar-refractivity contribution is -0.120. The third-order valence-corrected chi connectivity index (χ3v) is 4.09. The molecule has 26 heavy (non-hydrogen) atoms. The van der Waals surface area contributed by atoms with Gasteiger partial charge in [0.2, 0.25) is 11.8 Å². The van der Waals surface area contributed by atoms with Gasteiger partial charge in [-0.05, 0) is 49.2 Å². The number of carbonyl (C=O) groups excluding carboxylic acids is 2. The van der Waals surface area contributed by atoms with Crippen molar-refractivity contribution in [3.05, 3.63) is 59.7 Å². The van der Waals surface area contributed by atoms with E-state index in [0.717, 1.165) is 24.3 Å². The van der Waals surface area contributed by atoms with Gasteiger partial charge in [-0.2, -0.15) is 0 Å². The van der Waals surface area contributed by atoms with Gasteiger partial charge in [-0.15, -0.1) is 0 Å². The molecular formula is C21H27N3O2. The fourth-order valence-electron chi connectivity index (χ4n) is 2.78. The fraction of sp³-hybridized carbons (Fsp3) is 0.333. The fourth-order valence-corrected chi connectivity index (χ4v) is 2.78. The van der Waals surface area contributed by atoms with E-state index < -0.39 is 0 Å². The minimum Gasteiger partial charge on any atom is -0.370 e. The van der Waals surface area contributed by atoms with Crippen molar-refractivity contribution < 1.29 is 9.59 Å². The molecule has 0 spiro atoms. The molecule has 0 aromatic heterocycles. The van der Waals surface area contributed by atoms with Crippen LogP contribution in [0.5, 0.6) is 0 Å². The molecule has 0 saturated carbocycles. The van der Waals surface area contributed by atoms with Crippen molar-refractivity contribution in [2.24, 2.45) is 0 Å². The number of benzene rings is 2. The lowest BCUT2D eigenvalue weighted by Crippen LogP contribution is -2.35. The molecule has 0 bridgehead atoms. The van der Waals surface area contributed by atoms with Crippen molar-refractivity contribution in [2.75, 3.05) is 29.9 Å². The Labute approximate surface area is 155 Å². The van der Waals surface area contributed by atoms with Crippen LogP contribution < -0.4 is 15.5 Å². The highest BCUT2D eigenvalue weighted by atomic mass is 16.2. The molecule has 2 amide bonds. The lowest BCUT2D eigenvalue weighted by atomic mass is 10.1. The monoisotopic (exact) mass is 353 g/mol. The molecule has 138 valence electrons. The van der Waals surface area contributed by atoms with Crippen LogP contribution >= 0.6 is 0 Å². The summed E-state index contributed by atoms with van der Waals surface area (Å²) in [4.78, 5) is 25.4. The van der Waals surface area contributed by atoms with E-state index in [1.54, 1.807) is 12.1 Å². The van der Waals surface area contributed by atoms with Gasteiger partial charge in [0.1, 0.15) is 0 Å². The first-order valence-corrected chi connectivity index (χ1v) is 8.92. The third-order valence-electron chi connectivity index (χ3n) is 4.09. The minimum atomic E-state index is -0.107. The van der Waals surface area contributed by atoms with E-state index in [1.165, 1.54) is 18.2 Å². The Kier molecular flexibility index (Phi) is 7.21. The van der Waals surface area contributed by atoms with Crippen LogP contribution in [0.25, 0.3) is 0 Å². The highest BCUT2D eigenvalue weighted by molar-refractivity contribution is 5.88. The molecular weight excluding hydrogens is 326 g/mol. The van der Waals surface area contributed by atoms with E-state index >= 15 is 0 Å². The SMILES string of the molecule is CCN(CCNC(=O)Cc1ccc(NC(C)=O)cc1)c1cccc(C)c1. The van der Waals surface area contributed by atoms with Crippen LogP contribution in [0.15, 0.2) is 48.5 Å². The quantitative estimate of drug-likeness (QED) is 0.766. The zero-order valence-corrected chi connectivity index (χ0v) is 15.7. The largest absolute Gasteiger partial charge is 0.370 e. The number of likely N-dealkylation sites (N-methyl/N-ethyl adjacent to an activating group) is 1. The molecule has 0 unspecified atom stereocenters. The minimum absolute atomic E-state index is 0.00225. The van der Waals surface area contributed by atoms with Gasteiger partial charge in [-0.3, -0.25) is 9.59 Å². The van der Waals surface area contributed by atoms with Crippen LogP contribution in [0.4, 0.5) is 11.4 Å². The van der Waals surface area contributed by atoms with E-state index in [-0.39, 0.29) is 11.8 Å². The average Bonchev–Trinajstić information content (AvgIpc) is 2.60. The van der Waals surface area contributed by atoms with Crippen molar-refractivity contribution in [3.8, 4) is 0 Å². The molecule has 0 saturated heterocycles. The van der Waals surface area contributed by atoms with Crippen LogP contribution in [-0.2, 0) is 16.0 Å². The lowest BCUT2D eigenvalue weighted by Gasteiger charge is -2.23. The standard InChI is InChI=1S/C21H27N3O2/c1-4-24(20-7-5-6-16(2)14-20)13-12-22-21(26)15-18-8-10-19(11-9-18)23-17(3)25/h5-11,14H,4,12-13,15H2,1-3H3,(H,22,26)(H,23,25). The van der Waals surface area contributed by atoms with Crippen LogP contribution in [0.3, 0.4) is 0 Å². The maximum absolute atomic E-state index is 12.1. The van der Waals surface area contributed by atoms with E-state index in [0.29, 0.717) is 13.0 Å². The van der Waals surface area contributed by atoms with E-state index in [4.69, 9.17) is 0 Å². The van der Waals surface area contributed by atoms with E-state index in [2.05, 4.69) is 53.6 Å². The van der Waals surface area contributed by atoms with Gasteiger partial charge in [0.15, 0.2) is 0 Å². The molecule has 0 aliphatic carbocycles. The second-order valence-electron chi connectivity index (χ2n) is 6.32. The summed E-state index contributed by atoms with van der Waals surface area (Å²) in [5.41, 5.74) is 4.06. The summed E-state index contributed by atoms with van der Waals surface area (Å²) < 4.78 is 0. The molecule has 0 fully saturated rings. The predicted octanol–water partition coefficient (Wildman–Crippen LogP) is 3.14. The van der Waals surface area contributed by atoms with Gasteiger partial charge in [0.05, 0.1) is 6.42 Å². The third kappa shape index (κ3) is 6.24. The maximum atomic E-state index is 12.1. The Bertz CT molecular complexity index is 741. The number of carbonyl (C=O) groups is 2. The first kappa shape index (κ1) is 19.5. The first-order valence-electron chi connectivity index (χ1n) is 8.92. The summed E-state index contributed by atoms with van der Waals surface area (Å²) >= 11 is 0. The number of hydrogen-bond donors (Lipinski definition) is 2. The van der Waals surface area contributed by atoms with Gasteiger partial charge in [-0.1, -0.05) is 24.3 Å². The van der Waals surface area contributed by atoms with E-state index in [9.17, 15) is 9.59 Å². The second-order valence-corrected chi connectivity index (χ2v) is 6.32. The van der Waals surface area contributed by atoms with Gasteiger partial charge >= 0.3 is 0 Å². The zero-order chi connectivity index (χ0) is 18.9. The van der Waals surface area contributed by atoms with Crippen LogP contribution in [0.2, 0.25) is 0 Å². The maximum Gasteiger partial charge on any atom is 0.224 e. The van der Waals surface area contributed by atoms with Crippen molar-refractivity contribution >= 4 is 23.2 Å². The normalized spacial score (nSPS) is 10.3. The first-order chi connectivity index (χ1) is 12.5. The summed E-state index contributed by atoms with van der Waals surface area (Å²) in [6.07, 6.45) is 0.330. The van der Waals surface area contributed by atoms with E-state index in [1.807, 2.05) is 12.1 Å². The molecule has 2 rings (SSSR count). The number of hydrogen-bond acceptors (Lipinski definition) is 3. The molecule has 2 aromatic carbocycles. The average molecular weight is 353 g/mol. The van der Waals surface area contributed by atoms with Crippen molar-refractivity contribution in [3.63, 3.8) is 0 Å². The second kappa shape index (κ2) is 9.61. The Balaban J connectivity index is 1.80. The molecule has 0 atom stereocenters. The molecule has 0 aliphatic heterocycles. The predicted molar refractivity (Wildman–Crippen MR) is 107 cm³/mol. The van der Waals surface area contributed by atoms with Crippen molar-refractivity contribution in [1.29, 1.82) is 0 Å². The molecule has 5 nitrogen and oxygen atoms in total. The Morgan fingerprint density at radius 1 is 1.08 bits per heavy atom. The summed E-state index contributed by atoms with van der Waals surface area (Å²) in [5, 5.41) is 5.69. The van der Waals surface area contributed by atoms with Gasteiger partial charge in [-0.25, -0.2) is 0 Å². The highest BCUT2D eigenvalue weighted by Gasteiger charge is 2.07. The number of anilines is 2. The number of amides is 2. The zero-order valence-electron chi connectivity index (χ0n) is 15.7. The number of aryl methyl sites for hydroxylation is 1. The molecule has 0 aliphatic rings. The van der Waals surface area contributed by atoms with Crippen LogP contribution in [0, 0.1) is 6.92 Å². The van der Waals surface area contributed by atoms with Crippen LogP contribution in [0.1, 0.15) is 25.0 Å². The van der Waals surface area contributed by atoms with Gasteiger partial charge in [0, 0.05) is 37.9 Å². The smallest absolute Gasteiger partial charge is 0.224 e. The summed E-state index contributed by atoms with van der Waals surface area (Å²) in [6.45, 7) is 7.93. The van der Waals surface area contributed by atoms with Gasteiger partial charge in [0.25, 0.3) is 0 Å². The van der Waals surface area contributed by atoms with Crippen molar-refractivity contribution in [1.82, 2.24) is 5.32 Å². The highest BCUT2D eigenvalue weighted by Crippen LogP contribution is 2.15. The number of rotatable bonds is 8. The topological polar surface area (TPSA) is 61.4 Å². The Hall–Kier alpha value is -2.82. The molecule has 2 aromatic rings. The van der Waals surface area contributed by atoms with Crippen LogP contribution in [-0.4, -0.2) is 31.4 Å². The number of nitrogens with one attached hydrogen (secondary N) is 2. The molecule has 5 heteroatoms. The summed E-state index contributed by atoms with van der Waals surface area (Å²) in [6, 6.07) is 15.7. The summed E-state index contributed by atoms with van der Waals surface area (Å²) in [5.74, 6) is -0.109. The van der Waals surface area contributed by atoms with Crippen molar-refractivity contribution in [2.45, 2.75) is 27.2 Å².